The first-order valence-electron chi connectivity index (χ1n) is 10.2. The minimum atomic E-state index is -0.224. The van der Waals surface area contributed by atoms with Crippen LogP contribution < -0.4 is 5.32 Å². The highest BCUT2D eigenvalue weighted by molar-refractivity contribution is 6.00. The first-order chi connectivity index (χ1) is 13.9. The number of amides is 1. The third-order valence-electron chi connectivity index (χ3n) is 5.77. The SMILES string of the molecule is C=C/C(=C\C=C(/C)NC(=O)c1n[nH]c2c1-c1ncccc1CCC2)C(C)(C)CC. The van der Waals surface area contributed by atoms with E-state index >= 15 is 0 Å². The van der Waals surface area contributed by atoms with Crippen molar-refractivity contribution < 1.29 is 4.79 Å². The number of aromatic nitrogens is 3. The van der Waals surface area contributed by atoms with E-state index in [0.717, 1.165) is 59.5 Å². The monoisotopic (exact) mass is 390 g/mol. The Balaban J connectivity index is 1.87. The van der Waals surface area contributed by atoms with Gasteiger partial charge >= 0.3 is 0 Å². The molecule has 2 aromatic rings. The number of hydrogen-bond acceptors (Lipinski definition) is 3. The lowest BCUT2D eigenvalue weighted by Gasteiger charge is -2.24. The number of nitrogens with one attached hydrogen (secondary N) is 2. The number of fused-ring (bicyclic) bond motifs is 3. The quantitative estimate of drug-likeness (QED) is 0.671. The van der Waals surface area contributed by atoms with Gasteiger partial charge in [-0.15, -0.1) is 0 Å². The van der Waals surface area contributed by atoms with Crippen molar-refractivity contribution in [3.63, 3.8) is 0 Å². The van der Waals surface area contributed by atoms with Crippen LogP contribution in [-0.2, 0) is 12.8 Å². The minimum Gasteiger partial charge on any atom is -0.325 e. The van der Waals surface area contributed by atoms with Gasteiger partial charge in [0.1, 0.15) is 0 Å². The molecule has 0 aromatic carbocycles. The predicted molar refractivity (Wildman–Crippen MR) is 117 cm³/mol. The second kappa shape index (κ2) is 8.60. The van der Waals surface area contributed by atoms with E-state index in [9.17, 15) is 4.79 Å². The summed E-state index contributed by atoms with van der Waals surface area (Å²) in [6, 6.07) is 4.02. The van der Waals surface area contributed by atoms with Crippen LogP contribution in [0, 0.1) is 5.41 Å². The molecule has 0 radical (unpaired) electrons. The Morgan fingerprint density at radius 3 is 2.86 bits per heavy atom. The predicted octanol–water partition coefficient (Wildman–Crippen LogP) is 5.14. The van der Waals surface area contributed by atoms with Crippen LogP contribution in [0.15, 0.2) is 54.4 Å². The van der Waals surface area contributed by atoms with Crippen LogP contribution >= 0.6 is 0 Å². The van der Waals surface area contributed by atoms with E-state index in [1.165, 1.54) is 0 Å². The summed E-state index contributed by atoms with van der Waals surface area (Å²) < 4.78 is 0. The maximum atomic E-state index is 13.0. The normalized spacial score (nSPS) is 14.6. The Labute approximate surface area is 173 Å². The second-order valence-corrected chi connectivity index (χ2v) is 8.16. The van der Waals surface area contributed by atoms with E-state index in [1.807, 2.05) is 31.2 Å². The summed E-state index contributed by atoms with van der Waals surface area (Å²) in [5, 5.41) is 10.3. The molecule has 0 spiro atoms. The number of carbonyl (C=O) groups excluding carboxylic acids is 1. The Bertz CT molecular complexity index is 979. The van der Waals surface area contributed by atoms with Gasteiger partial charge in [-0.25, -0.2) is 0 Å². The summed E-state index contributed by atoms with van der Waals surface area (Å²) >= 11 is 0. The van der Waals surface area contributed by atoms with Crippen molar-refractivity contribution in [3.8, 4) is 11.3 Å². The van der Waals surface area contributed by atoms with Crippen molar-refractivity contribution in [2.45, 2.75) is 53.4 Å². The molecule has 2 aromatic heterocycles. The van der Waals surface area contributed by atoms with E-state index in [4.69, 9.17) is 0 Å². The molecular weight excluding hydrogens is 360 g/mol. The molecule has 2 N–H and O–H groups in total. The van der Waals surface area contributed by atoms with Crippen molar-refractivity contribution >= 4 is 5.91 Å². The van der Waals surface area contributed by atoms with Crippen molar-refractivity contribution in [3.05, 3.63) is 71.4 Å². The van der Waals surface area contributed by atoms with Gasteiger partial charge in [-0.3, -0.25) is 14.9 Å². The number of allylic oxidation sites excluding steroid dienone is 5. The molecular formula is C24H30N4O. The lowest BCUT2D eigenvalue weighted by atomic mass is 9.81. The van der Waals surface area contributed by atoms with Crippen molar-refractivity contribution in [2.24, 2.45) is 5.41 Å². The zero-order valence-electron chi connectivity index (χ0n) is 17.8. The van der Waals surface area contributed by atoms with Crippen LogP contribution in [0.4, 0.5) is 0 Å². The fourth-order valence-corrected chi connectivity index (χ4v) is 3.57. The van der Waals surface area contributed by atoms with Gasteiger partial charge in [0.2, 0.25) is 0 Å². The van der Waals surface area contributed by atoms with Crippen LogP contribution in [0.2, 0.25) is 0 Å². The van der Waals surface area contributed by atoms with Gasteiger partial charge in [-0.1, -0.05) is 45.6 Å². The van der Waals surface area contributed by atoms with E-state index < -0.39 is 0 Å². The van der Waals surface area contributed by atoms with Crippen LogP contribution in [0.5, 0.6) is 0 Å². The molecule has 0 fully saturated rings. The number of H-pyrrole nitrogens is 1. The topological polar surface area (TPSA) is 70.7 Å². The number of rotatable bonds is 6. The molecule has 152 valence electrons. The molecule has 0 bridgehead atoms. The van der Waals surface area contributed by atoms with Gasteiger partial charge in [-0.05, 0) is 61.3 Å². The van der Waals surface area contributed by atoms with E-state index in [-0.39, 0.29) is 11.3 Å². The van der Waals surface area contributed by atoms with Gasteiger partial charge in [0.25, 0.3) is 5.91 Å². The second-order valence-electron chi connectivity index (χ2n) is 8.16. The largest absolute Gasteiger partial charge is 0.325 e. The molecule has 2 heterocycles. The van der Waals surface area contributed by atoms with E-state index in [1.54, 1.807) is 6.20 Å². The molecule has 0 aliphatic heterocycles. The molecule has 1 amide bonds. The molecule has 1 aliphatic rings. The number of aromatic amines is 1. The highest BCUT2D eigenvalue weighted by atomic mass is 16.2. The van der Waals surface area contributed by atoms with E-state index in [0.29, 0.717) is 5.69 Å². The highest BCUT2D eigenvalue weighted by Crippen LogP contribution is 2.32. The molecule has 1 aliphatic carbocycles. The molecule has 0 unspecified atom stereocenters. The Morgan fingerprint density at radius 1 is 1.34 bits per heavy atom. The lowest BCUT2D eigenvalue weighted by molar-refractivity contribution is 0.0961. The number of pyridine rings is 1. The first-order valence-corrected chi connectivity index (χ1v) is 10.2. The van der Waals surface area contributed by atoms with Crippen molar-refractivity contribution in [1.29, 1.82) is 0 Å². The summed E-state index contributed by atoms with van der Waals surface area (Å²) in [5.74, 6) is -0.224. The third-order valence-corrected chi connectivity index (χ3v) is 5.77. The summed E-state index contributed by atoms with van der Waals surface area (Å²) in [7, 11) is 0. The van der Waals surface area contributed by atoms with Gasteiger partial charge in [0.15, 0.2) is 5.69 Å². The zero-order chi connectivity index (χ0) is 21.0. The summed E-state index contributed by atoms with van der Waals surface area (Å²) in [4.78, 5) is 17.5. The smallest absolute Gasteiger partial charge is 0.276 e. The molecule has 0 saturated carbocycles. The molecule has 29 heavy (non-hydrogen) atoms. The minimum absolute atomic E-state index is 0.0391. The fraction of sp³-hybridized carbons (Fsp3) is 0.375. The number of nitrogens with zero attached hydrogens (tertiary/aromatic N) is 2. The Hall–Kier alpha value is -2.95. The lowest BCUT2D eigenvalue weighted by Crippen LogP contribution is -2.22. The van der Waals surface area contributed by atoms with Crippen LogP contribution in [-0.4, -0.2) is 21.1 Å². The molecule has 5 nitrogen and oxygen atoms in total. The molecule has 0 saturated heterocycles. The molecule has 0 atom stereocenters. The first kappa shape index (κ1) is 20.8. The summed E-state index contributed by atoms with van der Waals surface area (Å²) in [5.41, 5.74) is 6.17. The number of carbonyl (C=O) groups is 1. The van der Waals surface area contributed by atoms with Gasteiger partial charge < -0.3 is 5.32 Å². The maximum absolute atomic E-state index is 13.0. The van der Waals surface area contributed by atoms with E-state index in [2.05, 4.69) is 53.9 Å². The highest BCUT2D eigenvalue weighted by Gasteiger charge is 2.25. The van der Waals surface area contributed by atoms with Crippen molar-refractivity contribution in [1.82, 2.24) is 20.5 Å². The van der Waals surface area contributed by atoms with Crippen LogP contribution in [0.1, 0.15) is 62.3 Å². The molecule has 5 heteroatoms. The Morgan fingerprint density at radius 2 is 2.14 bits per heavy atom. The van der Waals surface area contributed by atoms with Crippen LogP contribution in [0.25, 0.3) is 11.3 Å². The average Bonchev–Trinajstić information content (AvgIpc) is 3.04. The third kappa shape index (κ3) is 4.39. The average molecular weight is 391 g/mol. The van der Waals surface area contributed by atoms with Gasteiger partial charge in [-0.2, -0.15) is 5.10 Å². The number of aryl methyl sites for hydroxylation is 2. The zero-order valence-corrected chi connectivity index (χ0v) is 17.8. The fourth-order valence-electron chi connectivity index (χ4n) is 3.57. The summed E-state index contributed by atoms with van der Waals surface area (Å²) in [6.45, 7) is 12.3. The maximum Gasteiger partial charge on any atom is 0.276 e. The van der Waals surface area contributed by atoms with Gasteiger partial charge in [0, 0.05) is 17.6 Å². The van der Waals surface area contributed by atoms with Gasteiger partial charge in [0.05, 0.1) is 11.3 Å². The standard InChI is InChI=1S/C24H30N4O/c1-6-18(24(4,5)7-2)14-13-16(3)26-23(29)22-20-19(27-28-22)12-8-10-17-11-9-15-25-21(17)20/h6,9,11,13-15H,1,7-8,10,12H2,2-5H3,(H,26,29)(H,27,28)/b16-13+,18-14+. The Kier molecular flexibility index (Phi) is 6.16. The number of hydrogen-bond donors (Lipinski definition) is 2. The molecule has 3 rings (SSSR count). The summed E-state index contributed by atoms with van der Waals surface area (Å²) in [6.07, 6.45) is 11.4. The van der Waals surface area contributed by atoms with Crippen molar-refractivity contribution in [2.75, 3.05) is 0 Å². The van der Waals surface area contributed by atoms with Crippen LogP contribution in [0.3, 0.4) is 0 Å².